The number of aryl methyl sites for hydroxylation is 2. The van der Waals surface area contributed by atoms with Crippen LogP contribution in [0.2, 0.25) is 0 Å². The highest BCUT2D eigenvalue weighted by molar-refractivity contribution is 9.10. The Morgan fingerprint density at radius 3 is 2.78 bits per heavy atom. The molecule has 2 aromatic rings. The van der Waals surface area contributed by atoms with Crippen LogP contribution in [0.15, 0.2) is 28.9 Å². The van der Waals surface area contributed by atoms with Crippen LogP contribution in [-0.4, -0.2) is 9.97 Å². The van der Waals surface area contributed by atoms with E-state index in [1.807, 2.05) is 13.8 Å². The zero-order chi connectivity index (χ0) is 13.1. The quantitative estimate of drug-likeness (QED) is 0.802. The molecular weight excluding hydrogens is 299 g/mol. The monoisotopic (exact) mass is 310 g/mol. The molecule has 0 spiro atoms. The summed E-state index contributed by atoms with van der Waals surface area (Å²) in [5.41, 5.74) is 0.851. The van der Waals surface area contributed by atoms with E-state index in [4.69, 9.17) is 4.74 Å². The molecular formula is C13H12BrFN2O. The number of hydrogen-bond donors (Lipinski definition) is 0. The number of nitrogens with zero attached hydrogens (tertiary/aromatic N) is 2. The van der Waals surface area contributed by atoms with Gasteiger partial charge in [-0.05, 0) is 34.5 Å². The summed E-state index contributed by atoms with van der Waals surface area (Å²) in [6, 6.07) is 6.07. The molecule has 1 aromatic heterocycles. The normalized spacial score (nSPS) is 10.4. The zero-order valence-electron chi connectivity index (χ0n) is 10.1. The molecule has 18 heavy (non-hydrogen) atoms. The van der Waals surface area contributed by atoms with E-state index in [9.17, 15) is 4.39 Å². The largest absolute Gasteiger partial charge is 0.438 e. The van der Waals surface area contributed by atoms with Crippen molar-refractivity contribution in [2.24, 2.45) is 0 Å². The second kappa shape index (κ2) is 5.44. The van der Waals surface area contributed by atoms with Crippen molar-refractivity contribution in [1.29, 1.82) is 0 Å². The van der Waals surface area contributed by atoms with E-state index in [0.717, 1.165) is 5.56 Å². The molecule has 0 aliphatic carbocycles. The number of aromatic nitrogens is 2. The first-order valence-corrected chi connectivity index (χ1v) is 6.35. The maximum absolute atomic E-state index is 13.2. The van der Waals surface area contributed by atoms with Crippen molar-refractivity contribution >= 4 is 15.9 Å². The molecule has 0 fully saturated rings. The van der Waals surface area contributed by atoms with Crippen molar-refractivity contribution in [2.75, 3.05) is 0 Å². The summed E-state index contributed by atoms with van der Waals surface area (Å²) in [7, 11) is 0. The van der Waals surface area contributed by atoms with Crippen molar-refractivity contribution in [1.82, 2.24) is 9.97 Å². The Morgan fingerprint density at radius 2 is 2.06 bits per heavy atom. The minimum absolute atomic E-state index is 0.334. The summed E-state index contributed by atoms with van der Waals surface area (Å²) in [5, 5.41) is 0. The van der Waals surface area contributed by atoms with Crippen LogP contribution in [0.25, 0.3) is 0 Å². The maximum Gasteiger partial charge on any atom is 0.223 e. The maximum atomic E-state index is 13.2. The van der Waals surface area contributed by atoms with Gasteiger partial charge < -0.3 is 4.74 Å². The third-order valence-corrected chi connectivity index (χ3v) is 2.80. The summed E-state index contributed by atoms with van der Waals surface area (Å²) in [6.07, 6.45) is 0.706. The minimum Gasteiger partial charge on any atom is -0.438 e. The lowest BCUT2D eigenvalue weighted by Crippen LogP contribution is -1.97. The molecule has 0 N–H and O–H groups in total. The Labute approximate surface area is 113 Å². The number of ether oxygens (including phenoxy) is 1. The molecule has 0 saturated heterocycles. The van der Waals surface area contributed by atoms with Crippen LogP contribution in [0.4, 0.5) is 4.39 Å². The van der Waals surface area contributed by atoms with Crippen molar-refractivity contribution < 1.29 is 9.13 Å². The average molecular weight is 311 g/mol. The molecule has 0 saturated carbocycles. The molecule has 2 rings (SSSR count). The van der Waals surface area contributed by atoms with Gasteiger partial charge in [0, 0.05) is 18.6 Å². The van der Waals surface area contributed by atoms with Gasteiger partial charge in [-0.15, -0.1) is 0 Å². The van der Waals surface area contributed by atoms with Crippen molar-refractivity contribution in [3.05, 3.63) is 46.1 Å². The predicted octanol–water partition coefficient (Wildman–Crippen LogP) is 4.04. The standard InChI is InChI=1S/C13H12BrFN2O/c1-3-12-16-11(14)7-13(17-12)18-10-6-9(15)5-4-8(10)2/h4-7H,3H2,1-2H3. The summed E-state index contributed by atoms with van der Waals surface area (Å²) < 4.78 is 19.4. The van der Waals surface area contributed by atoms with Crippen LogP contribution >= 0.6 is 15.9 Å². The smallest absolute Gasteiger partial charge is 0.223 e. The molecule has 0 bridgehead atoms. The molecule has 0 atom stereocenters. The highest BCUT2D eigenvalue weighted by Crippen LogP contribution is 2.25. The second-order valence-electron chi connectivity index (χ2n) is 3.81. The molecule has 1 heterocycles. The molecule has 0 amide bonds. The second-order valence-corrected chi connectivity index (χ2v) is 4.62. The van der Waals surface area contributed by atoms with Gasteiger partial charge in [0.15, 0.2) is 0 Å². The lowest BCUT2D eigenvalue weighted by molar-refractivity contribution is 0.450. The van der Waals surface area contributed by atoms with E-state index < -0.39 is 0 Å². The van der Waals surface area contributed by atoms with Crippen LogP contribution in [0, 0.1) is 12.7 Å². The Morgan fingerprint density at radius 1 is 1.28 bits per heavy atom. The Balaban J connectivity index is 2.33. The lowest BCUT2D eigenvalue weighted by atomic mass is 10.2. The lowest BCUT2D eigenvalue weighted by Gasteiger charge is -2.09. The summed E-state index contributed by atoms with van der Waals surface area (Å²) >= 11 is 3.29. The fourth-order valence-electron chi connectivity index (χ4n) is 1.45. The fraction of sp³-hybridized carbons (Fsp3) is 0.231. The minimum atomic E-state index is -0.334. The number of halogens is 2. The van der Waals surface area contributed by atoms with E-state index in [1.54, 1.807) is 12.1 Å². The van der Waals surface area contributed by atoms with Gasteiger partial charge in [0.25, 0.3) is 0 Å². The van der Waals surface area contributed by atoms with Gasteiger partial charge in [0.05, 0.1) is 0 Å². The first-order chi connectivity index (χ1) is 8.58. The molecule has 0 aliphatic rings. The Bertz CT molecular complexity index is 575. The molecule has 3 nitrogen and oxygen atoms in total. The third kappa shape index (κ3) is 3.04. The van der Waals surface area contributed by atoms with Crippen molar-refractivity contribution in [3.63, 3.8) is 0 Å². The van der Waals surface area contributed by atoms with Crippen LogP contribution in [0.5, 0.6) is 11.6 Å². The SMILES string of the molecule is CCc1nc(Br)cc(Oc2cc(F)ccc2C)n1. The molecule has 0 aliphatic heterocycles. The summed E-state index contributed by atoms with van der Waals surface area (Å²) in [4.78, 5) is 8.42. The molecule has 0 unspecified atom stereocenters. The van der Waals surface area contributed by atoms with Crippen LogP contribution in [0.3, 0.4) is 0 Å². The summed E-state index contributed by atoms with van der Waals surface area (Å²) in [6.45, 7) is 3.81. The van der Waals surface area contributed by atoms with Gasteiger partial charge in [-0.25, -0.2) is 9.37 Å². The number of rotatable bonds is 3. The van der Waals surface area contributed by atoms with Crippen LogP contribution in [-0.2, 0) is 6.42 Å². The number of hydrogen-bond acceptors (Lipinski definition) is 3. The summed E-state index contributed by atoms with van der Waals surface area (Å²) in [5.74, 6) is 1.21. The van der Waals surface area contributed by atoms with E-state index >= 15 is 0 Å². The fourth-order valence-corrected chi connectivity index (χ4v) is 1.85. The topological polar surface area (TPSA) is 35.0 Å². The van der Waals surface area contributed by atoms with Gasteiger partial charge in [-0.1, -0.05) is 13.0 Å². The zero-order valence-corrected chi connectivity index (χ0v) is 11.7. The first kappa shape index (κ1) is 13.0. The highest BCUT2D eigenvalue weighted by atomic mass is 79.9. The van der Waals surface area contributed by atoms with Gasteiger partial charge in [-0.2, -0.15) is 4.98 Å². The Kier molecular flexibility index (Phi) is 3.91. The van der Waals surface area contributed by atoms with Crippen molar-refractivity contribution in [2.45, 2.75) is 20.3 Å². The van der Waals surface area contributed by atoms with E-state index in [2.05, 4.69) is 25.9 Å². The van der Waals surface area contributed by atoms with Gasteiger partial charge in [0.2, 0.25) is 5.88 Å². The Hall–Kier alpha value is -1.49. The number of benzene rings is 1. The van der Waals surface area contributed by atoms with Crippen molar-refractivity contribution in [3.8, 4) is 11.6 Å². The van der Waals surface area contributed by atoms with E-state index in [-0.39, 0.29) is 5.82 Å². The van der Waals surface area contributed by atoms with Gasteiger partial charge in [0.1, 0.15) is 22.0 Å². The van der Waals surface area contributed by atoms with E-state index in [0.29, 0.717) is 28.5 Å². The molecule has 1 aromatic carbocycles. The first-order valence-electron chi connectivity index (χ1n) is 5.56. The van der Waals surface area contributed by atoms with Crippen LogP contribution in [0.1, 0.15) is 18.3 Å². The molecule has 5 heteroatoms. The van der Waals surface area contributed by atoms with Gasteiger partial charge >= 0.3 is 0 Å². The molecule has 94 valence electrons. The van der Waals surface area contributed by atoms with E-state index in [1.165, 1.54) is 12.1 Å². The van der Waals surface area contributed by atoms with Gasteiger partial charge in [-0.3, -0.25) is 0 Å². The average Bonchev–Trinajstić information content (AvgIpc) is 2.33. The highest BCUT2D eigenvalue weighted by Gasteiger charge is 2.07. The van der Waals surface area contributed by atoms with Crippen LogP contribution < -0.4 is 4.74 Å². The third-order valence-electron chi connectivity index (χ3n) is 2.40. The predicted molar refractivity (Wildman–Crippen MR) is 70.3 cm³/mol. The molecule has 0 radical (unpaired) electrons.